The fourth-order valence-electron chi connectivity index (χ4n) is 1.35. The van der Waals surface area contributed by atoms with E-state index in [4.69, 9.17) is 9.47 Å². The minimum absolute atomic E-state index is 0.182. The predicted molar refractivity (Wildman–Crippen MR) is 69.7 cm³/mol. The molecular formula is C13H20N2O3. The number of pyridine rings is 1. The van der Waals surface area contributed by atoms with Crippen LogP contribution in [0.3, 0.4) is 0 Å². The standard InChI is InChI=1S/C13H20N2O3/c1-5-13(3,17-4)12(16)15-10-7-8-11(14-9-10)18-6-2/h7-9H,5-6H2,1-4H3,(H,15,16). The van der Waals surface area contributed by atoms with Crippen LogP contribution in [0, 0.1) is 0 Å². The van der Waals surface area contributed by atoms with Crippen LogP contribution in [0.15, 0.2) is 18.3 Å². The highest BCUT2D eigenvalue weighted by Crippen LogP contribution is 2.18. The van der Waals surface area contributed by atoms with Gasteiger partial charge in [0.05, 0.1) is 18.5 Å². The van der Waals surface area contributed by atoms with E-state index in [1.165, 1.54) is 7.11 Å². The molecule has 0 aliphatic rings. The third-order valence-corrected chi connectivity index (χ3v) is 2.89. The molecule has 1 amide bonds. The Morgan fingerprint density at radius 1 is 1.44 bits per heavy atom. The van der Waals surface area contributed by atoms with Crippen LogP contribution in [0.1, 0.15) is 27.2 Å². The van der Waals surface area contributed by atoms with Crippen molar-refractivity contribution in [2.24, 2.45) is 0 Å². The zero-order chi connectivity index (χ0) is 13.6. The second-order valence-corrected chi connectivity index (χ2v) is 4.06. The molecule has 5 nitrogen and oxygen atoms in total. The predicted octanol–water partition coefficient (Wildman–Crippen LogP) is 2.23. The zero-order valence-corrected chi connectivity index (χ0v) is 11.3. The highest BCUT2D eigenvalue weighted by Gasteiger charge is 2.30. The van der Waals surface area contributed by atoms with Gasteiger partial charge >= 0.3 is 0 Å². The summed E-state index contributed by atoms with van der Waals surface area (Å²) in [5, 5.41) is 2.77. The summed E-state index contributed by atoms with van der Waals surface area (Å²) < 4.78 is 10.5. The van der Waals surface area contributed by atoms with Crippen molar-refractivity contribution in [3.8, 4) is 5.88 Å². The van der Waals surface area contributed by atoms with E-state index >= 15 is 0 Å². The topological polar surface area (TPSA) is 60.5 Å². The van der Waals surface area contributed by atoms with E-state index < -0.39 is 5.60 Å². The third kappa shape index (κ3) is 3.43. The van der Waals surface area contributed by atoms with E-state index in [1.807, 2.05) is 13.8 Å². The Kier molecular flexibility index (Phi) is 5.09. The highest BCUT2D eigenvalue weighted by atomic mass is 16.5. The Labute approximate surface area is 108 Å². The van der Waals surface area contributed by atoms with Gasteiger partial charge in [0.1, 0.15) is 5.60 Å². The van der Waals surface area contributed by atoms with Gasteiger partial charge in [0, 0.05) is 13.2 Å². The van der Waals surface area contributed by atoms with Crippen LogP contribution in [0.5, 0.6) is 5.88 Å². The lowest BCUT2D eigenvalue weighted by Gasteiger charge is -2.25. The van der Waals surface area contributed by atoms with Crippen LogP contribution < -0.4 is 10.1 Å². The first kappa shape index (κ1) is 14.4. The molecule has 1 rings (SSSR count). The minimum Gasteiger partial charge on any atom is -0.478 e. The summed E-state index contributed by atoms with van der Waals surface area (Å²) in [6.45, 7) is 6.11. The summed E-state index contributed by atoms with van der Waals surface area (Å²) in [7, 11) is 1.53. The fourth-order valence-corrected chi connectivity index (χ4v) is 1.35. The monoisotopic (exact) mass is 252 g/mol. The molecule has 0 aliphatic carbocycles. The number of carbonyl (C=O) groups is 1. The highest BCUT2D eigenvalue weighted by molar-refractivity contribution is 5.96. The molecule has 1 aromatic rings. The maximum Gasteiger partial charge on any atom is 0.256 e. The molecule has 0 fully saturated rings. The van der Waals surface area contributed by atoms with E-state index in [-0.39, 0.29) is 5.91 Å². The molecule has 100 valence electrons. The molecule has 1 N–H and O–H groups in total. The Hall–Kier alpha value is -1.62. The average molecular weight is 252 g/mol. The van der Waals surface area contributed by atoms with Crippen LogP contribution in [0.2, 0.25) is 0 Å². The largest absolute Gasteiger partial charge is 0.478 e. The summed E-state index contributed by atoms with van der Waals surface area (Å²) in [5.41, 5.74) is -0.196. The molecule has 0 aliphatic heterocycles. The van der Waals surface area contributed by atoms with E-state index in [0.29, 0.717) is 24.6 Å². The van der Waals surface area contributed by atoms with E-state index in [9.17, 15) is 4.79 Å². The zero-order valence-electron chi connectivity index (χ0n) is 11.3. The number of hydrogen-bond acceptors (Lipinski definition) is 4. The number of carbonyl (C=O) groups excluding carboxylic acids is 1. The van der Waals surface area contributed by atoms with Crippen molar-refractivity contribution in [1.29, 1.82) is 0 Å². The van der Waals surface area contributed by atoms with Gasteiger partial charge in [0.2, 0.25) is 5.88 Å². The number of amides is 1. The number of rotatable bonds is 6. The van der Waals surface area contributed by atoms with Crippen molar-refractivity contribution in [2.75, 3.05) is 19.0 Å². The molecule has 1 aromatic heterocycles. The maximum absolute atomic E-state index is 12.0. The molecule has 1 unspecified atom stereocenters. The van der Waals surface area contributed by atoms with Gasteiger partial charge < -0.3 is 14.8 Å². The van der Waals surface area contributed by atoms with Crippen molar-refractivity contribution in [2.45, 2.75) is 32.8 Å². The molecular weight excluding hydrogens is 232 g/mol. The molecule has 1 atom stereocenters. The molecule has 1 heterocycles. The Morgan fingerprint density at radius 3 is 2.61 bits per heavy atom. The number of nitrogens with zero attached hydrogens (tertiary/aromatic N) is 1. The minimum atomic E-state index is -0.821. The summed E-state index contributed by atoms with van der Waals surface area (Å²) in [5.74, 6) is 0.360. The van der Waals surface area contributed by atoms with Crippen LogP contribution in [-0.4, -0.2) is 30.2 Å². The lowest BCUT2D eigenvalue weighted by molar-refractivity contribution is -0.136. The number of nitrogens with one attached hydrogen (secondary N) is 1. The van der Waals surface area contributed by atoms with Gasteiger partial charge in [-0.3, -0.25) is 4.79 Å². The normalized spacial score (nSPS) is 13.8. The molecule has 0 spiro atoms. The number of methoxy groups -OCH3 is 1. The SMILES string of the molecule is CCOc1ccc(NC(=O)C(C)(CC)OC)cn1. The lowest BCUT2D eigenvalue weighted by Crippen LogP contribution is -2.41. The van der Waals surface area contributed by atoms with Crippen LogP contribution in [0.25, 0.3) is 0 Å². The van der Waals surface area contributed by atoms with Crippen LogP contribution in [0.4, 0.5) is 5.69 Å². The second kappa shape index (κ2) is 6.35. The number of anilines is 1. The first-order chi connectivity index (χ1) is 8.55. The van der Waals surface area contributed by atoms with Crippen molar-refractivity contribution in [1.82, 2.24) is 4.98 Å². The van der Waals surface area contributed by atoms with Gasteiger partial charge in [-0.05, 0) is 26.3 Å². The Morgan fingerprint density at radius 2 is 2.17 bits per heavy atom. The van der Waals surface area contributed by atoms with E-state index in [2.05, 4.69) is 10.3 Å². The molecule has 0 saturated carbocycles. The first-order valence-electron chi connectivity index (χ1n) is 6.01. The lowest BCUT2D eigenvalue weighted by atomic mass is 10.0. The van der Waals surface area contributed by atoms with Gasteiger partial charge in [0.25, 0.3) is 5.91 Å². The number of hydrogen-bond donors (Lipinski definition) is 1. The molecule has 0 radical (unpaired) electrons. The molecule has 0 saturated heterocycles. The van der Waals surface area contributed by atoms with Crippen molar-refractivity contribution in [3.05, 3.63) is 18.3 Å². The summed E-state index contributed by atoms with van der Waals surface area (Å²) in [4.78, 5) is 16.1. The summed E-state index contributed by atoms with van der Waals surface area (Å²) >= 11 is 0. The van der Waals surface area contributed by atoms with Crippen LogP contribution >= 0.6 is 0 Å². The van der Waals surface area contributed by atoms with Gasteiger partial charge in [0.15, 0.2) is 0 Å². The maximum atomic E-state index is 12.0. The fraction of sp³-hybridized carbons (Fsp3) is 0.538. The number of aromatic nitrogens is 1. The summed E-state index contributed by atoms with van der Waals surface area (Å²) in [6.07, 6.45) is 2.16. The molecule has 0 bridgehead atoms. The van der Waals surface area contributed by atoms with Gasteiger partial charge in [-0.2, -0.15) is 0 Å². The smallest absolute Gasteiger partial charge is 0.256 e. The Bertz CT molecular complexity index is 386. The van der Waals surface area contributed by atoms with Gasteiger partial charge in [-0.25, -0.2) is 4.98 Å². The summed E-state index contributed by atoms with van der Waals surface area (Å²) in [6, 6.07) is 3.47. The molecule has 0 aromatic carbocycles. The second-order valence-electron chi connectivity index (χ2n) is 4.06. The van der Waals surface area contributed by atoms with E-state index in [0.717, 1.165) is 0 Å². The van der Waals surface area contributed by atoms with E-state index in [1.54, 1.807) is 25.3 Å². The first-order valence-corrected chi connectivity index (χ1v) is 6.01. The van der Waals surface area contributed by atoms with Gasteiger partial charge in [-0.1, -0.05) is 6.92 Å². The van der Waals surface area contributed by atoms with Crippen molar-refractivity contribution in [3.63, 3.8) is 0 Å². The molecule has 5 heteroatoms. The quantitative estimate of drug-likeness (QED) is 0.843. The number of ether oxygens (including phenoxy) is 2. The van der Waals surface area contributed by atoms with Crippen molar-refractivity contribution >= 4 is 11.6 Å². The average Bonchev–Trinajstić information content (AvgIpc) is 2.40. The Balaban J connectivity index is 2.70. The van der Waals surface area contributed by atoms with Gasteiger partial charge in [-0.15, -0.1) is 0 Å². The molecule has 18 heavy (non-hydrogen) atoms. The van der Waals surface area contributed by atoms with Crippen molar-refractivity contribution < 1.29 is 14.3 Å². The van der Waals surface area contributed by atoms with Crippen LogP contribution in [-0.2, 0) is 9.53 Å². The third-order valence-electron chi connectivity index (χ3n) is 2.89.